The van der Waals surface area contributed by atoms with Crippen molar-refractivity contribution in [1.29, 1.82) is 0 Å². The Hall–Kier alpha value is -1.27. The number of hydrogen-bond acceptors (Lipinski definition) is 3. The number of aryl methyl sites for hydroxylation is 1. The van der Waals surface area contributed by atoms with Crippen molar-refractivity contribution in [2.75, 3.05) is 17.1 Å². The Balaban J connectivity index is 3.31. The highest BCUT2D eigenvalue weighted by Gasteiger charge is 2.21. The third kappa shape index (κ3) is 3.61. The Bertz CT molecular complexity index is 542. The normalized spacial score (nSPS) is 11.2. The molecule has 0 saturated carbocycles. The van der Waals surface area contributed by atoms with Gasteiger partial charge in [-0.2, -0.15) is 0 Å². The topological polar surface area (TPSA) is 80.5 Å². The summed E-state index contributed by atoms with van der Waals surface area (Å²) in [6.45, 7) is 1.32. The number of sulfonamides is 1. The van der Waals surface area contributed by atoms with E-state index in [0.717, 1.165) is 10.6 Å². The second kappa shape index (κ2) is 4.93. The zero-order chi connectivity index (χ0) is 13.2. The molecule has 0 unspecified atom stereocenters. The van der Waals surface area contributed by atoms with Crippen molar-refractivity contribution >= 4 is 33.2 Å². The van der Waals surface area contributed by atoms with Crippen LogP contribution in [0.1, 0.15) is 5.56 Å². The Labute approximate surface area is 105 Å². The summed E-state index contributed by atoms with van der Waals surface area (Å²) in [5, 5.41) is 0.392. The molecule has 0 atom stereocenters. The third-order valence-corrected chi connectivity index (χ3v) is 3.50. The van der Waals surface area contributed by atoms with Gasteiger partial charge in [-0.15, -0.1) is 0 Å². The summed E-state index contributed by atoms with van der Waals surface area (Å²) in [6.07, 6.45) is 1.01. The lowest BCUT2D eigenvalue weighted by Crippen LogP contribution is -2.38. The summed E-state index contributed by atoms with van der Waals surface area (Å²) in [4.78, 5) is 10.9. The van der Waals surface area contributed by atoms with Gasteiger partial charge >= 0.3 is 0 Å². The number of benzene rings is 1. The first-order chi connectivity index (χ1) is 7.71. The first kappa shape index (κ1) is 13.8. The fourth-order valence-electron chi connectivity index (χ4n) is 1.37. The van der Waals surface area contributed by atoms with E-state index >= 15 is 0 Å². The van der Waals surface area contributed by atoms with Crippen LogP contribution in [0.2, 0.25) is 5.02 Å². The molecule has 0 aromatic heterocycles. The Morgan fingerprint density at radius 1 is 1.47 bits per heavy atom. The maximum atomic E-state index is 11.6. The van der Waals surface area contributed by atoms with Gasteiger partial charge < -0.3 is 5.73 Å². The van der Waals surface area contributed by atoms with Gasteiger partial charge in [0.15, 0.2) is 0 Å². The van der Waals surface area contributed by atoms with Crippen molar-refractivity contribution in [2.24, 2.45) is 5.73 Å². The van der Waals surface area contributed by atoms with Crippen LogP contribution in [0.25, 0.3) is 0 Å². The van der Waals surface area contributed by atoms with Crippen molar-refractivity contribution in [1.82, 2.24) is 0 Å². The van der Waals surface area contributed by atoms with Crippen molar-refractivity contribution in [3.63, 3.8) is 0 Å². The molecule has 0 bridgehead atoms. The number of anilines is 1. The molecule has 2 N–H and O–H groups in total. The molecule has 0 radical (unpaired) electrons. The Morgan fingerprint density at radius 2 is 2.06 bits per heavy atom. The average molecular weight is 277 g/mol. The van der Waals surface area contributed by atoms with E-state index in [4.69, 9.17) is 17.3 Å². The van der Waals surface area contributed by atoms with Gasteiger partial charge in [-0.25, -0.2) is 8.42 Å². The molecule has 17 heavy (non-hydrogen) atoms. The predicted molar refractivity (Wildman–Crippen MR) is 67.6 cm³/mol. The van der Waals surface area contributed by atoms with Crippen LogP contribution in [0.3, 0.4) is 0 Å². The molecule has 0 fully saturated rings. The second-order valence-corrected chi connectivity index (χ2v) is 6.01. The van der Waals surface area contributed by atoms with E-state index in [-0.39, 0.29) is 0 Å². The molecule has 7 heteroatoms. The lowest BCUT2D eigenvalue weighted by molar-refractivity contribution is -0.116. The number of hydrogen-bond donors (Lipinski definition) is 1. The van der Waals surface area contributed by atoms with E-state index in [0.29, 0.717) is 16.3 Å². The fourth-order valence-corrected chi connectivity index (χ4v) is 2.46. The number of nitrogens with zero attached hydrogens (tertiary/aromatic N) is 1. The van der Waals surface area contributed by atoms with Gasteiger partial charge in [0.25, 0.3) is 0 Å². The van der Waals surface area contributed by atoms with Gasteiger partial charge in [0.1, 0.15) is 6.54 Å². The molecule has 1 amide bonds. The van der Waals surface area contributed by atoms with Crippen LogP contribution in [-0.2, 0) is 14.8 Å². The number of carbonyl (C=O) groups is 1. The van der Waals surface area contributed by atoms with Crippen LogP contribution in [0.15, 0.2) is 18.2 Å². The van der Waals surface area contributed by atoms with Crippen molar-refractivity contribution < 1.29 is 13.2 Å². The standard InChI is InChI=1S/C10H13ClN2O3S/c1-7-3-4-8(11)5-9(7)13(6-10(12)14)17(2,15)16/h3-5H,6H2,1-2H3,(H2,12,14). The number of primary amides is 1. The van der Waals surface area contributed by atoms with Gasteiger partial charge in [0, 0.05) is 5.02 Å². The molecule has 0 aliphatic heterocycles. The van der Waals surface area contributed by atoms with E-state index in [1.54, 1.807) is 19.1 Å². The van der Waals surface area contributed by atoms with Crippen LogP contribution >= 0.6 is 11.6 Å². The van der Waals surface area contributed by atoms with Crippen LogP contribution < -0.4 is 10.0 Å². The van der Waals surface area contributed by atoms with E-state index in [1.165, 1.54) is 6.07 Å². The van der Waals surface area contributed by atoms with Gasteiger partial charge in [0.05, 0.1) is 11.9 Å². The molecule has 94 valence electrons. The molecule has 0 aliphatic rings. The number of rotatable bonds is 4. The maximum absolute atomic E-state index is 11.6. The maximum Gasteiger partial charge on any atom is 0.238 e. The summed E-state index contributed by atoms with van der Waals surface area (Å²) in [7, 11) is -3.58. The van der Waals surface area contributed by atoms with E-state index in [2.05, 4.69) is 0 Å². The van der Waals surface area contributed by atoms with E-state index in [9.17, 15) is 13.2 Å². The molecular formula is C10H13ClN2O3S. The molecule has 5 nitrogen and oxygen atoms in total. The zero-order valence-electron chi connectivity index (χ0n) is 9.47. The highest BCUT2D eigenvalue weighted by atomic mass is 35.5. The summed E-state index contributed by atoms with van der Waals surface area (Å²) >= 11 is 5.81. The minimum Gasteiger partial charge on any atom is -0.368 e. The minimum atomic E-state index is -3.58. The summed E-state index contributed by atoms with van der Waals surface area (Å²) in [5.74, 6) is -0.727. The van der Waals surface area contributed by atoms with Crippen LogP contribution in [0.4, 0.5) is 5.69 Å². The quantitative estimate of drug-likeness (QED) is 0.887. The van der Waals surface area contributed by atoms with Crippen molar-refractivity contribution in [2.45, 2.75) is 6.92 Å². The van der Waals surface area contributed by atoms with Crippen LogP contribution in [0, 0.1) is 6.92 Å². The average Bonchev–Trinajstić information content (AvgIpc) is 2.16. The lowest BCUT2D eigenvalue weighted by Gasteiger charge is -2.22. The van der Waals surface area contributed by atoms with Crippen molar-refractivity contribution in [3.05, 3.63) is 28.8 Å². The molecule has 0 spiro atoms. The SMILES string of the molecule is Cc1ccc(Cl)cc1N(CC(N)=O)S(C)(=O)=O. The zero-order valence-corrected chi connectivity index (χ0v) is 11.0. The van der Waals surface area contributed by atoms with Gasteiger partial charge in [-0.05, 0) is 24.6 Å². The lowest BCUT2D eigenvalue weighted by atomic mass is 10.2. The molecule has 0 aliphatic carbocycles. The van der Waals surface area contributed by atoms with E-state index in [1.807, 2.05) is 0 Å². The fraction of sp³-hybridized carbons (Fsp3) is 0.300. The Morgan fingerprint density at radius 3 is 2.53 bits per heavy atom. The number of carbonyl (C=O) groups excluding carboxylic acids is 1. The second-order valence-electron chi connectivity index (χ2n) is 3.67. The molecule has 0 heterocycles. The molecular weight excluding hydrogens is 264 g/mol. The molecule has 1 aromatic carbocycles. The van der Waals surface area contributed by atoms with E-state index < -0.39 is 22.5 Å². The smallest absolute Gasteiger partial charge is 0.238 e. The first-order valence-electron chi connectivity index (χ1n) is 4.74. The van der Waals surface area contributed by atoms with Crippen molar-refractivity contribution in [3.8, 4) is 0 Å². The van der Waals surface area contributed by atoms with Crippen LogP contribution in [0.5, 0.6) is 0 Å². The monoisotopic (exact) mass is 276 g/mol. The third-order valence-electron chi connectivity index (χ3n) is 2.14. The van der Waals surface area contributed by atoms with Crippen LogP contribution in [-0.4, -0.2) is 27.1 Å². The van der Waals surface area contributed by atoms with Gasteiger partial charge in [0.2, 0.25) is 15.9 Å². The first-order valence-corrected chi connectivity index (χ1v) is 6.96. The molecule has 1 aromatic rings. The van der Waals surface area contributed by atoms with Gasteiger partial charge in [-0.3, -0.25) is 9.10 Å². The number of amides is 1. The van der Waals surface area contributed by atoms with Gasteiger partial charge in [-0.1, -0.05) is 17.7 Å². The highest BCUT2D eigenvalue weighted by molar-refractivity contribution is 7.92. The molecule has 0 saturated heterocycles. The predicted octanol–water partition coefficient (Wildman–Crippen LogP) is 0.900. The molecule has 1 rings (SSSR count). The summed E-state index contributed by atoms with van der Waals surface area (Å²) in [6, 6.07) is 4.81. The summed E-state index contributed by atoms with van der Waals surface area (Å²) < 4.78 is 24.2. The Kier molecular flexibility index (Phi) is 4.00. The number of nitrogens with two attached hydrogens (primary N) is 1. The minimum absolute atomic E-state index is 0.360. The number of halogens is 1. The largest absolute Gasteiger partial charge is 0.368 e. The summed E-state index contributed by atoms with van der Waals surface area (Å²) in [5.41, 5.74) is 6.09. The highest BCUT2D eigenvalue weighted by Crippen LogP contribution is 2.25.